The zero-order valence-corrected chi connectivity index (χ0v) is 14.1. The van der Waals surface area contributed by atoms with Gasteiger partial charge in [-0.1, -0.05) is 75.7 Å². The molecule has 2 heteroatoms. The van der Waals surface area contributed by atoms with Crippen LogP contribution >= 0.6 is 0 Å². The molecule has 0 saturated carbocycles. The molecule has 0 saturated heterocycles. The summed E-state index contributed by atoms with van der Waals surface area (Å²) in [7, 11) is 1.46. The first-order valence-corrected chi connectivity index (χ1v) is 8.66. The average Bonchev–Trinajstić information content (AvgIpc) is 2.50. The summed E-state index contributed by atoms with van der Waals surface area (Å²) in [6.07, 6.45) is 23.2. The standard InChI is InChI=1S/C19H34O2/c1-3-4-5-6-7-8-9-10-11-12-13-14-15-16-17-18-19(20)21-2/h3-6H,7-18H2,1-2H3. The molecule has 2 nitrogen and oxygen atoms in total. The minimum Gasteiger partial charge on any atom is -0.469 e. The Morgan fingerprint density at radius 3 is 1.86 bits per heavy atom. The molecule has 0 rings (SSSR count). The van der Waals surface area contributed by atoms with Gasteiger partial charge in [0.05, 0.1) is 7.11 Å². The van der Waals surface area contributed by atoms with Crippen molar-refractivity contribution in [2.75, 3.05) is 7.11 Å². The van der Waals surface area contributed by atoms with Crippen molar-refractivity contribution < 1.29 is 9.53 Å². The molecule has 0 N–H and O–H groups in total. The van der Waals surface area contributed by atoms with E-state index in [9.17, 15) is 4.79 Å². The third kappa shape index (κ3) is 16.9. The molecule has 21 heavy (non-hydrogen) atoms. The predicted molar refractivity (Wildman–Crippen MR) is 91.4 cm³/mol. The third-order valence-corrected chi connectivity index (χ3v) is 3.67. The van der Waals surface area contributed by atoms with E-state index in [0.29, 0.717) is 6.42 Å². The van der Waals surface area contributed by atoms with Gasteiger partial charge in [-0.2, -0.15) is 0 Å². The van der Waals surface area contributed by atoms with Crippen molar-refractivity contribution in [2.24, 2.45) is 0 Å². The molecule has 0 bridgehead atoms. The van der Waals surface area contributed by atoms with Crippen LogP contribution in [0.3, 0.4) is 0 Å². The minimum atomic E-state index is -0.0736. The number of carbonyl (C=O) groups excluding carboxylic acids is 1. The van der Waals surface area contributed by atoms with Crippen LogP contribution in [0.25, 0.3) is 0 Å². The van der Waals surface area contributed by atoms with E-state index in [1.165, 1.54) is 64.9 Å². The van der Waals surface area contributed by atoms with E-state index in [2.05, 4.69) is 29.0 Å². The molecule has 0 aliphatic carbocycles. The largest absolute Gasteiger partial charge is 0.469 e. The second-order valence-corrected chi connectivity index (χ2v) is 5.60. The number of rotatable bonds is 14. The summed E-state index contributed by atoms with van der Waals surface area (Å²) in [5.74, 6) is -0.0736. The number of esters is 1. The molecule has 0 amide bonds. The van der Waals surface area contributed by atoms with Gasteiger partial charge in [-0.15, -0.1) is 0 Å². The predicted octanol–water partition coefficient (Wildman–Crippen LogP) is 5.97. The Hall–Kier alpha value is -1.05. The summed E-state index contributed by atoms with van der Waals surface area (Å²) in [4.78, 5) is 10.9. The lowest BCUT2D eigenvalue weighted by Crippen LogP contribution is -1.99. The SMILES string of the molecule is CC=CC=CCCCCCCCCCCCCC(=O)OC. The van der Waals surface area contributed by atoms with E-state index >= 15 is 0 Å². The van der Waals surface area contributed by atoms with Crippen LogP contribution in [0.2, 0.25) is 0 Å². The van der Waals surface area contributed by atoms with Crippen LogP contribution in [-0.2, 0) is 9.53 Å². The molecule has 0 atom stereocenters. The summed E-state index contributed by atoms with van der Waals surface area (Å²) in [5.41, 5.74) is 0. The monoisotopic (exact) mass is 294 g/mol. The summed E-state index contributed by atoms with van der Waals surface area (Å²) in [6.45, 7) is 2.05. The van der Waals surface area contributed by atoms with Crippen LogP contribution < -0.4 is 0 Å². The van der Waals surface area contributed by atoms with Gasteiger partial charge in [0.25, 0.3) is 0 Å². The van der Waals surface area contributed by atoms with Crippen molar-refractivity contribution >= 4 is 5.97 Å². The molecule has 0 aromatic heterocycles. The number of hydrogen-bond acceptors (Lipinski definition) is 2. The Bertz CT molecular complexity index is 279. The smallest absolute Gasteiger partial charge is 0.305 e. The van der Waals surface area contributed by atoms with Crippen molar-refractivity contribution in [3.63, 3.8) is 0 Å². The van der Waals surface area contributed by atoms with E-state index in [0.717, 1.165) is 12.8 Å². The molecule has 0 aliphatic rings. The van der Waals surface area contributed by atoms with Crippen molar-refractivity contribution in [3.8, 4) is 0 Å². The lowest BCUT2D eigenvalue weighted by Gasteiger charge is -2.02. The summed E-state index contributed by atoms with van der Waals surface area (Å²) in [5, 5.41) is 0. The first kappa shape index (κ1) is 19.9. The highest BCUT2D eigenvalue weighted by Gasteiger charge is 1.99. The van der Waals surface area contributed by atoms with Gasteiger partial charge in [-0.3, -0.25) is 4.79 Å². The fourth-order valence-electron chi connectivity index (χ4n) is 2.33. The maximum Gasteiger partial charge on any atom is 0.305 e. The average molecular weight is 294 g/mol. The van der Waals surface area contributed by atoms with Gasteiger partial charge >= 0.3 is 5.97 Å². The number of unbranched alkanes of at least 4 members (excludes halogenated alkanes) is 10. The first-order valence-electron chi connectivity index (χ1n) is 8.66. The Balaban J connectivity index is 3.07. The number of ether oxygens (including phenoxy) is 1. The molecule has 122 valence electrons. The van der Waals surface area contributed by atoms with Gasteiger partial charge in [-0.25, -0.2) is 0 Å². The molecule has 0 unspecified atom stereocenters. The Morgan fingerprint density at radius 2 is 1.33 bits per heavy atom. The zero-order chi connectivity index (χ0) is 15.6. The lowest BCUT2D eigenvalue weighted by atomic mass is 10.1. The number of methoxy groups -OCH3 is 1. The van der Waals surface area contributed by atoms with Gasteiger partial charge in [0.2, 0.25) is 0 Å². The molecule has 0 aromatic rings. The van der Waals surface area contributed by atoms with Gasteiger partial charge in [0.15, 0.2) is 0 Å². The number of carbonyl (C=O) groups is 1. The molecule has 0 spiro atoms. The fraction of sp³-hybridized carbons (Fsp3) is 0.737. The van der Waals surface area contributed by atoms with Gasteiger partial charge in [-0.05, 0) is 26.2 Å². The molecular weight excluding hydrogens is 260 g/mol. The first-order chi connectivity index (χ1) is 10.3. The molecule has 0 aliphatic heterocycles. The van der Waals surface area contributed by atoms with E-state index in [1.807, 2.05) is 6.92 Å². The molecule has 0 aromatic carbocycles. The van der Waals surface area contributed by atoms with E-state index in [-0.39, 0.29) is 5.97 Å². The zero-order valence-electron chi connectivity index (χ0n) is 14.1. The Morgan fingerprint density at radius 1 is 0.810 bits per heavy atom. The summed E-state index contributed by atoms with van der Waals surface area (Å²) < 4.78 is 4.62. The normalized spacial score (nSPS) is 11.5. The fourth-order valence-corrected chi connectivity index (χ4v) is 2.33. The quantitative estimate of drug-likeness (QED) is 0.224. The molecule has 0 heterocycles. The van der Waals surface area contributed by atoms with Crippen molar-refractivity contribution in [3.05, 3.63) is 24.3 Å². The highest BCUT2D eigenvalue weighted by molar-refractivity contribution is 5.68. The van der Waals surface area contributed by atoms with Crippen LogP contribution in [0, 0.1) is 0 Å². The Kier molecular flexibility index (Phi) is 16.2. The van der Waals surface area contributed by atoms with Crippen molar-refractivity contribution in [1.82, 2.24) is 0 Å². The third-order valence-electron chi connectivity index (χ3n) is 3.67. The van der Waals surface area contributed by atoms with Gasteiger partial charge in [0, 0.05) is 6.42 Å². The van der Waals surface area contributed by atoms with Crippen molar-refractivity contribution in [1.29, 1.82) is 0 Å². The van der Waals surface area contributed by atoms with Crippen LogP contribution in [0.4, 0.5) is 0 Å². The maximum absolute atomic E-state index is 10.9. The van der Waals surface area contributed by atoms with Crippen LogP contribution in [0.15, 0.2) is 24.3 Å². The molecule has 0 fully saturated rings. The van der Waals surface area contributed by atoms with E-state index < -0.39 is 0 Å². The minimum absolute atomic E-state index is 0.0736. The lowest BCUT2D eigenvalue weighted by molar-refractivity contribution is -0.140. The van der Waals surface area contributed by atoms with E-state index in [1.54, 1.807) is 0 Å². The summed E-state index contributed by atoms with van der Waals surface area (Å²) >= 11 is 0. The second-order valence-electron chi connectivity index (χ2n) is 5.60. The Labute approximate surface area is 131 Å². The van der Waals surface area contributed by atoms with Gasteiger partial charge in [0.1, 0.15) is 0 Å². The number of hydrogen-bond donors (Lipinski definition) is 0. The topological polar surface area (TPSA) is 26.3 Å². The van der Waals surface area contributed by atoms with Crippen LogP contribution in [0.1, 0.15) is 84.0 Å². The van der Waals surface area contributed by atoms with Crippen LogP contribution in [0.5, 0.6) is 0 Å². The molecular formula is C19H34O2. The molecule has 0 radical (unpaired) electrons. The summed E-state index contributed by atoms with van der Waals surface area (Å²) in [6, 6.07) is 0. The van der Waals surface area contributed by atoms with Gasteiger partial charge < -0.3 is 4.74 Å². The number of allylic oxidation sites excluding steroid dienone is 4. The van der Waals surface area contributed by atoms with E-state index in [4.69, 9.17) is 0 Å². The highest BCUT2D eigenvalue weighted by atomic mass is 16.5. The van der Waals surface area contributed by atoms with Crippen LogP contribution in [-0.4, -0.2) is 13.1 Å². The second kappa shape index (κ2) is 17.0. The van der Waals surface area contributed by atoms with Crippen molar-refractivity contribution in [2.45, 2.75) is 84.0 Å². The highest BCUT2D eigenvalue weighted by Crippen LogP contribution is 2.12. The maximum atomic E-state index is 10.9.